The van der Waals surface area contributed by atoms with E-state index in [0.29, 0.717) is 22.7 Å². The fraction of sp³-hybridized carbons (Fsp3) is 0.652. The Bertz CT molecular complexity index is 801. The zero-order chi connectivity index (χ0) is 22.8. The molecule has 1 atom stereocenters. The van der Waals surface area contributed by atoms with Gasteiger partial charge in [-0.2, -0.15) is 0 Å². The largest absolute Gasteiger partial charge is 0.444 e. The van der Waals surface area contributed by atoms with Gasteiger partial charge in [-0.25, -0.2) is 4.79 Å². The maximum Gasteiger partial charge on any atom is 0.410 e. The maximum absolute atomic E-state index is 12.3. The molecule has 0 aliphatic carbocycles. The highest BCUT2D eigenvalue weighted by atomic mass is 35.5. The van der Waals surface area contributed by atoms with Gasteiger partial charge in [-0.15, -0.1) is 0 Å². The second-order valence-electron chi connectivity index (χ2n) is 9.72. The molecular weight excluding hydrogens is 416 g/mol. The number of likely N-dealkylation sites (tertiary alicyclic amines) is 2. The number of ether oxygens (including phenoxy) is 1. The number of nitrogens with one attached hydrogen (secondary N) is 1. The number of hydrogen-bond donors (Lipinski definition) is 1. The van der Waals surface area contributed by atoms with E-state index in [-0.39, 0.29) is 12.0 Å². The van der Waals surface area contributed by atoms with Crippen molar-refractivity contribution in [2.45, 2.75) is 57.7 Å². The molecule has 1 N–H and O–H groups in total. The third-order valence-corrected chi connectivity index (χ3v) is 6.14. The van der Waals surface area contributed by atoms with Crippen molar-refractivity contribution in [3.63, 3.8) is 0 Å². The van der Waals surface area contributed by atoms with Crippen LogP contribution in [0.1, 0.15) is 50.4 Å². The Kier molecular flexibility index (Phi) is 7.37. The lowest BCUT2D eigenvalue weighted by molar-refractivity contribution is 0.0155. The zero-order valence-electron chi connectivity index (χ0n) is 19.3. The van der Waals surface area contributed by atoms with E-state index in [1.54, 1.807) is 20.2 Å². The molecule has 2 fully saturated rings. The minimum absolute atomic E-state index is 0.0960. The van der Waals surface area contributed by atoms with E-state index in [4.69, 9.17) is 16.3 Å². The van der Waals surface area contributed by atoms with Crippen molar-refractivity contribution >= 4 is 29.3 Å². The second-order valence-corrected chi connectivity index (χ2v) is 10.1. The molecule has 2 saturated heterocycles. The lowest BCUT2D eigenvalue weighted by atomic mass is 10.0. The Labute approximate surface area is 190 Å². The van der Waals surface area contributed by atoms with E-state index in [1.165, 1.54) is 4.90 Å². The summed E-state index contributed by atoms with van der Waals surface area (Å²) in [7, 11) is 3.44. The van der Waals surface area contributed by atoms with Crippen molar-refractivity contribution in [3.05, 3.63) is 28.8 Å². The third kappa shape index (κ3) is 6.26. The molecule has 0 saturated carbocycles. The predicted octanol–water partition coefficient (Wildman–Crippen LogP) is 3.93. The zero-order valence-corrected chi connectivity index (χ0v) is 20.0. The molecule has 31 heavy (non-hydrogen) atoms. The number of rotatable bonds is 4. The number of carbonyl (C=O) groups excluding carboxylic acids is 2. The average molecular weight is 451 g/mol. The predicted molar refractivity (Wildman–Crippen MR) is 124 cm³/mol. The van der Waals surface area contributed by atoms with Gasteiger partial charge < -0.3 is 19.9 Å². The average Bonchev–Trinajstić information content (AvgIpc) is 3.15. The molecule has 2 aliphatic rings. The molecular formula is C23H35ClN4O3. The lowest BCUT2D eigenvalue weighted by Gasteiger charge is -2.37. The number of carbonyl (C=O) groups is 2. The summed E-state index contributed by atoms with van der Waals surface area (Å²) in [5.41, 5.74) is 0.997. The summed E-state index contributed by atoms with van der Waals surface area (Å²) in [6, 6.07) is 6.38. The van der Waals surface area contributed by atoms with Crippen LogP contribution < -0.4 is 5.32 Å². The van der Waals surface area contributed by atoms with E-state index < -0.39 is 5.60 Å². The van der Waals surface area contributed by atoms with Crippen LogP contribution in [0, 0.1) is 0 Å². The Morgan fingerprint density at radius 3 is 2.39 bits per heavy atom. The first-order chi connectivity index (χ1) is 14.5. The topological polar surface area (TPSA) is 65.1 Å². The van der Waals surface area contributed by atoms with Crippen LogP contribution in [-0.2, 0) is 4.74 Å². The van der Waals surface area contributed by atoms with Gasteiger partial charge in [0.15, 0.2) is 0 Å². The molecule has 2 heterocycles. The summed E-state index contributed by atoms with van der Waals surface area (Å²) in [5.74, 6) is -0.0960. The fourth-order valence-electron chi connectivity index (χ4n) is 4.23. The monoisotopic (exact) mass is 450 g/mol. The van der Waals surface area contributed by atoms with Gasteiger partial charge in [-0.05, 0) is 58.2 Å². The molecule has 0 spiro atoms. The van der Waals surface area contributed by atoms with E-state index in [1.807, 2.05) is 37.8 Å². The van der Waals surface area contributed by atoms with Crippen LogP contribution in [0.15, 0.2) is 18.2 Å². The molecule has 0 bridgehead atoms. The van der Waals surface area contributed by atoms with Crippen molar-refractivity contribution in [2.75, 3.05) is 45.6 Å². The third-order valence-electron chi connectivity index (χ3n) is 5.83. The number of amides is 2. The number of nitrogens with zero attached hydrogens (tertiary/aromatic N) is 3. The Morgan fingerprint density at radius 2 is 1.81 bits per heavy atom. The highest BCUT2D eigenvalue weighted by molar-refractivity contribution is 6.34. The summed E-state index contributed by atoms with van der Waals surface area (Å²) >= 11 is 6.34. The lowest BCUT2D eigenvalue weighted by Crippen LogP contribution is -2.47. The van der Waals surface area contributed by atoms with Crippen LogP contribution >= 0.6 is 11.6 Å². The molecule has 0 radical (unpaired) electrons. The summed E-state index contributed by atoms with van der Waals surface area (Å²) in [5, 5.41) is 4.03. The maximum atomic E-state index is 12.3. The van der Waals surface area contributed by atoms with E-state index in [0.717, 1.165) is 51.1 Å². The second kappa shape index (κ2) is 9.65. The van der Waals surface area contributed by atoms with Gasteiger partial charge in [0.2, 0.25) is 0 Å². The number of anilines is 1. The molecule has 2 aliphatic heterocycles. The highest BCUT2D eigenvalue weighted by Gasteiger charge is 2.33. The molecule has 2 amide bonds. The number of benzene rings is 1. The Hall–Kier alpha value is -1.99. The summed E-state index contributed by atoms with van der Waals surface area (Å²) in [6.07, 6.45) is 2.79. The van der Waals surface area contributed by atoms with Crippen LogP contribution in [0.3, 0.4) is 0 Å². The van der Waals surface area contributed by atoms with Gasteiger partial charge in [0, 0.05) is 58.0 Å². The normalized spacial score (nSPS) is 20.6. The molecule has 0 unspecified atom stereocenters. The summed E-state index contributed by atoms with van der Waals surface area (Å²) in [4.78, 5) is 30.3. The fourth-order valence-corrected chi connectivity index (χ4v) is 4.49. The minimum atomic E-state index is -0.456. The number of halogens is 1. The van der Waals surface area contributed by atoms with Gasteiger partial charge in [0.25, 0.3) is 5.91 Å². The Morgan fingerprint density at radius 1 is 1.13 bits per heavy atom. The van der Waals surface area contributed by atoms with Crippen molar-refractivity contribution in [3.8, 4) is 0 Å². The van der Waals surface area contributed by atoms with Gasteiger partial charge in [0.1, 0.15) is 5.60 Å². The molecule has 7 nitrogen and oxygen atoms in total. The highest BCUT2D eigenvalue weighted by Crippen LogP contribution is 2.26. The van der Waals surface area contributed by atoms with Gasteiger partial charge >= 0.3 is 6.09 Å². The minimum Gasteiger partial charge on any atom is -0.444 e. The number of piperidine rings is 1. The molecule has 3 rings (SSSR count). The van der Waals surface area contributed by atoms with E-state index in [2.05, 4.69) is 10.2 Å². The van der Waals surface area contributed by atoms with Gasteiger partial charge in [0.05, 0.1) is 10.6 Å². The quantitative estimate of drug-likeness (QED) is 0.752. The van der Waals surface area contributed by atoms with Gasteiger partial charge in [-0.1, -0.05) is 11.6 Å². The van der Waals surface area contributed by atoms with Crippen molar-refractivity contribution in [1.82, 2.24) is 14.7 Å². The van der Waals surface area contributed by atoms with E-state index in [9.17, 15) is 9.59 Å². The van der Waals surface area contributed by atoms with Crippen molar-refractivity contribution < 1.29 is 14.3 Å². The molecule has 1 aromatic rings. The van der Waals surface area contributed by atoms with Crippen LogP contribution in [0.25, 0.3) is 0 Å². The first kappa shape index (κ1) is 23.7. The van der Waals surface area contributed by atoms with E-state index >= 15 is 0 Å². The van der Waals surface area contributed by atoms with Crippen LogP contribution in [-0.4, -0.2) is 84.7 Å². The first-order valence-corrected chi connectivity index (χ1v) is 11.4. The van der Waals surface area contributed by atoms with Gasteiger partial charge in [-0.3, -0.25) is 9.69 Å². The smallest absolute Gasteiger partial charge is 0.410 e. The summed E-state index contributed by atoms with van der Waals surface area (Å²) < 4.78 is 5.50. The molecule has 172 valence electrons. The standard InChI is InChI=1S/C23H35ClN4O3/c1-23(2,3)31-22(30)27-12-9-18(10-13-27)28-11-8-17(15-28)25-16-6-7-19(20(24)14-16)21(29)26(4)5/h6-7,14,17-18,25H,8-13,15H2,1-5H3/t17-/m1/s1. The SMILES string of the molecule is CN(C)C(=O)c1ccc(N[C@@H]2CCN(C3CCN(C(=O)OC(C)(C)C)CC3)C2)cc1Cl. The Balaban J connectivity index is 1.49. The van der Waals surface area contributed by atoms with Crippen LogP contribution in [0.5, 0.6) is 0 Å². The van der Waals surface area contributed by atoms with Crippen molar-refractivity contribution in [1.29, 1.82) is 0 Å². The molecule has 1 aromatic carbocycles. The summed E-state index contributed by atoms with van der Waals surface area (Å²) in [6.45, 7) is 9.19. The molecule has 8 heteroatoms. The number of hydrogen-bond acceptors (Lipinski definition) is 5. The first-order valence-electron chi connectivity index (χ1n) is 11.0. The van der Waals surface area contributed by atoms with Crippen molar-refractivity contribution in [2.24, 2.45) is 0 Å². The molecule has 0 aromatic heterocycles. The van der Waals surface area contributed by atoms with Crippen LogP contribution in [0.2, 0.25) is 5.02 Å². The van der Waals surface area contributed by atoms with Crippen LogP contribution in [0.4, 0.5) is 10.5 Å².